The summed E-state index contributed by atoms with van der Waals surface area (Å²) in [5.41, 5.74) is 3.16. The van der Waals surface area contributed by atoms with E-state index in [2.05, 4.69) is 20.4 Å². The number of nitrogens with one attached hydrogen (secondary N) is 2. The van der Waals surface area contributed by atoms with Gasteiger partial charge in [-0.15, -0.1) is 0 Å². The first-order valence-electron chi connectivity index (χ1n) is 13.9. The highest BCUT2D eigenvalue weighted by Gasteiger charge is 2.41. The maximum Gasteiger partial charge on any atom is 0.329 e. The van der Waals surface area contributed by atoms with Gasteiger partial charge in [0.2, 0.25) is 0 Å². The third kappa shape index (κ3) is 5.26. The van der Waals surface area contributed by atoms with Crippen molar-refractivity contribution in [2.45, 2.75) is 44.2 Å². The molecule has 2 atom stereocenters. The molecule has 0 bridgehead atoms. The molecule has 2 N–H and O–H groups in total. The molecule has 0 saturated carbocycles. The largest absolute Gasteiger partial charge is 0.329 e. The van der Waals surface area contributed by atoms with Crippen LogP contribution in [0.3, 0.4) is 0 Å². The molecule has 0 aromatic heterocycles. The fraction of sp³-hybridized carbons (Fsp3) is 0.448. The normalized spacial score (nSPS) is 24.2. The summed E-state index contributed by atoms with van der Waals surface area (Å²) in [7, 11) is 0. The Bertz CT molecular complexity index is 1150. The number of carbonyl (C=O) groups is 4. The number of nitrogens with zero attached hydrogens (tertiary/aromatic N) is 4. The van der Waals surface area contributed by atoms with Crippen molar-refractivity contribution < 1.29 is 19.2 Å². The Balaban J connectivity index is 1.07. The van der Waals surface area contributed by atoms with E-state index >= 15 is 0 Å². The van der Waals surface area contributed by atoms with Crippen molar-refractivity contribution >= 4 is 35.3 Å². The number of rotatable bonds is 8. The van der Waals surface area contributed by atoms with Gasteiger partial charge in [-0.3, -0.25) is 9.59 Å². The molecular formula is C29H34N6O4. The number of anilines is 2. The van der Waals surface area contributed by atoms with E-state index < -0.39 is 12.1 Å². The van der Waals surface area contributed by atoms with E-state index in [1.807, 2.05) is 24.3 Å². The molecule has 0 aliphatic carbocycles. The van der Waals surface area contributed by atoms with Gasteiger partial charge in [0.25, 0.3) is 11.8 Å². The number of carbonyl (C=O) groups excluding carboxylic acids is 4. The van der Waals surface area contributed by atoms with E-state index in [9.17, 15) is 19.2 Å². The van der Waals surface area contributed by atoms with E-state index in [0.29, 0.717) is 30.9 Å². The molecule has 10 nitrogen and oxygen atoms in total. The predicted octanol–water partition coefficient (Wildman–Crippen LogP) is 2.32. The minimum Gasteiger partial charge on any atom is -0.324 e. The van der Waals surface area contributed by atoms with Gasteiger partial charge < -0.3 is 20.4 Å². The molecule has 10 heteroatoms. The standard InChI is InChI=1S/C29H34N6O4/c36-26-24(18-32-13-1-2-14-32)30-28(38)34(26)22-9-5-20(6-10-22)17-21-7-11-23(12-8-21)35-27(37)25(31-29(35)39)19-33-15-3-4-16-33/h5-12,24-25H,1-4,13-19H2,(H,30,38)(H,31,39). The van der Waals surface area contributed by atoms with Crippen LogP contribution in [0.15, 0.2) is 48.5 Å². The zero-order chi connectivity index (χ0) is 26.9. The van der Waals surface area contributed by atoms with Gasteiger partial charge >= 0.3 is 12.1 Å². The number of benzene rings is 2. The summed E-state index contributed by atoms with van der Waals surface area (Å²) in [6.45, 7) is 4.98. The van der Waals surface area contributed by atoms with E-state index in [1.54, 1.807) is 24.3 Å². The molecule has 204 valence electrons. The van der Waals surface area contributed by atoms with Gasteiger partial charge in [0, 0.05) is 13.1 Å². The Morgan fingerprint density at radius 3 is 1.28 bits per heavy atom. The van der Waals surface area contributed by atoms with Crippen LogP contribution in [0.25, 0.3) is 0 Å². The summed E-state index contributed by atoms with van der Waals surface area (Å²) in [5, 5.41) is 5.65. The predicted molar refractivity (Wildman–Crippen MR) is 147 cm³/mol. The summed E-state index contributed by atoms with van der Waals surface area (Å²) < 4.78 is 0. The molecule has 2 aromatic rings. The molecule has 6 amide bonds. The maximum absolute atomic E-state index is 12.9. The highest BCUT2D eigenvalue weighted by Crippen LogP contribution is 2.25. The maximum atomic E-state index is 12.9. The third-order valence-electron chi connectivity index (χ3n) is 8.11. The third-order valence-corrected chi connectivity index (χ3v) is 8.11. The Morgan fingerprint density at radius 1 is 0.564 bits per heavy atom. The molecule has 4 aliphatic rings. The quantitative estimate of drug-likeness (QED) is 0.508. The SMILES string of the molecule is O=C1NC(CN2CCCC2)C(=O)N1c1ccc(Cc2ccc(N3C(=O)NC(CN4CCCC4)C3=O)cc2)cc1. The van der Waals surface area contributed by atoms with Gasteiger partial charge in [-0.25, -0.2) is 19.4 Å². The number of hydrogen-bond donors (Lipinski definition) is 2. The lowest BCUT2D eigenvalue weighted by atomic mass is 10.0. The van der Waals surface area contributed by atoms with E-state index in [-0.39, 0.29) is 23.9 Å². The molecule has 0 radical (unpaired) electrons. The number of urea groups is 2. The average Bonchev–Trinajstić information content (AvgIpc) is 3.73. The van der Waals surface area contributed by atoms with E-state index in [4.69, 9.17) is 0 Å². The van der Waals surface area contributed by atoms with Crippen LogP contribution < -0.4 is 20.4 Å². The molecule has 39 heavy (non-hydrogen) atoms. The number of imide groups is 2. The molecule has 4 saturated heterocycles. The van der Waals surface area contributed by atoms with Crippen LogP contribution in [-0.4, -0.2) is 85.0 Å². The zero-order valence-electron chi connectivity index (χ0n) is 22.0. The van der Waals surface area contributed by atoms with Crippen LogP contribution in [0, 0.1) is 0 Å². The first-order valence-corrected chi connectivity index (χ1v) is 13.9. The summed E-state index contributed by atoms with van der Waals surface area (Å²) in [4.78, 5) is 57.9. The fourth-order valence-electron chi connectivity index (χ4n) is 6.01. The van der Waals surface area contributed by atoms with Crippen molar-refractivity contribution in [1.82, 2.24) is 20.4 Å². The Kier molecular flexibility index (Phi) is 7.05. The fourth-order valence-corrected chi connectivity index (χ4v) is 6.01. The van der Waals surface area contributed by atoms with Crippen molar-refractivity contribution in [3.8, 4) is 0 Å². The van der Waals surface area contributed by atoms with Gasteiger partial charge in [0.15, 0.2) is 0 Å². The minimum atomic E-state index is -0.506. The molecule has 4 aliphatic heterocycles. The van der Waals surface area contributed by atoms with Gasteiger partial charge in [-0.2, -0.15) is 0 Å². The van der Waals surface area contributed by atoms with Crippen molar-refractivity contribution in [3.63, 3.8) is 0 Å². The Morgan fingerprint density at radius 2 is 0.923 bits per heavy atom. The summed E-state index contributed by atoms with van der Waals surface area (Å²) in [5.74, 6) is -0.420. The highest BCUT2D eigenvalue weighted by atomic mass is 16.2. The lowest BCUT2D eigenvalue weighted by Crippen LogP contribution is -2.41. The first-order chi connectivity index (χ1) is 19.0. The molecule has 0 spiro atoms. The van der Waals surface area contributed by atoms with Crippen LogP contribution in [0.1, 0.15) is 36.8 Å². The zero-order valence-corrected chi connectivity index (χ0v) is 22.0. The minimum absolute atomic E-state index is 0.210. The summed E-state index contributed by atoms with van der Waals surface area (Å²) >= 11 is 0. The topological polar surface area (TPSA) is 105 Å². The Labute approximate surface area is 227 Å². The van der Waals surface area contributed by atoms with Gasteiger partial charge in [0.05, 0.1) is 11.4 Å². The highest BCUT2D eigenvalue weighted by molar-refractivity contribution is 6.22. The van der Waals surface area contributed by atoms with Gasteiger partial charge in [-0.05, 0) is 93.7 Å². The van der Waals surface area contributed by atoms with Gasteiger partial charge in [-0.1, -0.05) is 24.3 Å². The Hall–Kier alpha value is -3.76. The second-order valence-corrected chi connectivity index (χ2v) is 10.9. The van der Waals surface area contributed by atoms with E-state index in [1.165, 1.54) is 9.80 Å². The molecule has 4 heterocycles. The van der Waals surface area contributed by atoms with Crippen LogP contribution >= 0.6 is 0 Å². The summed E-state index contributed by atoms with van der Waals surface area (Å²) in [6.07, 6.45) is 5.17. The van der Waals surface area contributed by atoms with Crippen molar-refractivity contribution in [2.75, 3.05) is 49.1 Å². The molecule has 6 rings (SSSR count). The van der Waals surface area contributed by atoms with Crippen molar-refractivity contribution in [3.05, 3.63) is 59.7 Å². The monoisotopic (exact) mass is 530 g/mol. The number of hydrogen-bond acceptors (Lipinski definition) is 6. The van der Waals surface area contributed by atoms with Crippen LogP contribution in [0.5, 0.6) is 0 Å². The molecule has 2 aromatic carbocycles. The lowest BCUT2D eigenvalue weighted by molar-refractivity contribution is -0.119. The first kappa shape index (κ1) is 25.5. The molecule has 4 fully saturated rings. The lowest BCUT2D eigenvalue weighted by Gasteiger charge is -2.18. The van der Waals surface area contributed by atoms with Crippen LogP contribution in [0.4, 0.5) is 21.0 Å². The van der Waals surface area contributed by atoms with Gasteiger partial charge in [0.1, 0.15) is 12.1 Å². The second-order valence-electron chi connectivity index (χ2n) is 10.9. The van der Waals surface area contributed by atoms with E-state index in [0.717, 1.165) is 63.0 Å². The second kappa shape index (κ2) is 10.8. The van der Waals surface area contributed by atoms with Crippen LogP contribution in [0.2, 0.25) is 0 Å². The summed E-state index contributed by atoms with van der Waals surface area (Å²) in [6, 6.07) is 13.1. The van der Waals surface area contributed by atoms with Crippen molar-refractivity contribution in [2.24, 2.45) is 0 Å². The molecule has 2 unspecified atom stereocenters. The average molecular weight is 531 g/mol. The van der Waals surface area contributed by atoms with Crippen LogP contribution in [-0.2, 0) is 16.0 Å². The number of likely N-dealkylation sites (tertiary alicyclic amines) is 2. The smallest absolute Gasteiger partial charge is 0.324 e. The molecular weight excluding hydrogens is 496 g/mol. The van der Waals surface area contributed by atoms with Crippen molar-refractivity contribution in [1.29, 1.82) is 0 Å². The number of amides is 6.